The number of aliphatic hydroxyl groups is 1. The van der Waals surface area contributed by atoms with Crippen LogP contribution in [0.1, 0.15) is 27.3 Å². The lowest BCUT2D eigenvalue weighted by atomic mass is 9.83. The van der Waals surface area contributed by atoms with Gasteiger partial charge in [0, 0.05) is 48.5 Å². The highest BCUT2D eigenvalue weighted by molar-refractivity contribution is 6.30. The number of fused-ring (bicyclic) bond motifs is 1. The van der Waals surface area contributed by atoms with Gasteiger partial charge in [0.05, 0.1) is 5.52 Å². The number of benzene rings is 3. The molecule has 1 atom stereocenters. The van der Waals surface area contributed by atoms with Crippen molar-refractivity contribution in [2.24, 2.45) is 14.1 Å². The molecule has 0 spiro atoms. The molecule has 1 unspecified atom stereocenters. The average Bonchev–Trinajstić information content (AvgIpc) is 3.31. The minimum Gasteiger partial charge on any atom is -0.373 e. The van der Waals surface area contributed by atoms with Crippen molar-refractivity contribution in [2.75, 3.05) is 0 Å². The number of rotatable bonds is 5. The lowest BCUT2D eigenvalue weighted by molar-refractivity contribution is 0.111. The Morgan fingerprint density at radius 1 is 0.971 bits per heavy atom. The first-order chi connectivity index (χ1) is 16.8. The monoisotopic (exact) mass is 483 g/mol. The molecule has 1 N–H and O–H groups in total. The Bertz CT molecular complexity index is 1640. The van der Waals surface area contributed by atoms with Crippen molar-refractivity contribution in [1.82, 2.24) is 14.1 Å². The van der Waals surface area contributed by atoms with Crippen LogP contribution in [0, 0.1) is 0 Å². The van der Waals surface area contributed by atoms with Crippen molar-refractivity contribution in [3.8, 4) is 11.1 Å². The standard InChI is InChI=1S/C28H22ClN3O3/c1-31-13-12-30-27(31)28(35,20-8-6-18(17-33)7-9-20)21-10-11-25-24(15-21)23(16-26(34)32(25)2)19-4-3-5-22(29)14-19/h3-17,35H,1-2H3. The molecule has 6 nitrogen and oxygen atoms in total. The molecule has 5 aromatic rings. The Balaban J connectivity index is 1.83. The number of pyridine rings is 1. The van der Waals surface area contributed by atoms with E-state index in [9.17, 15) is 14.7 Å². The van der Waals surface area contributed by atoms with Gasteiger partial charge in [0.25, 0.3) is 5.56 Å². The SMILES string of the molecule is Cn1ccnc1C(O)(c1ccc(C=O)cc1)c1ccc2c(c1)c(-c1cccc(Cl)c1)cc(=O)n2C. The first-order valence-corrected chi connectivity index (χ1v) is 11.4. The lowest BCUT2D eigenvalue weighted by Crippen LogP contribution is -2.32. The number of hydrogen-bond donors (Lipinski definition) is 1. The topological polar surface area (TPSA) is 77.1 Å². The molecule has 7 heteroatoms. The van der Waals surface area contributed by atoms with Gasteiger partial charge < -0.3 is 14.2 Å². The van der Waals surface area contributed by atoms with Crippen LogP contribution < -0.4 is 5.56 Å². The summed E-state index contributed by atoms with van der Waals surface area (Å²) in [5.41, 5.74) is 2.10. The zero-order chi connectivity index (χ0) is 24.7. The van der Waals surface area contributed by atoms with Crippen LogP contribution in [0.4, 0.5) is 0 Å². The van der Waals surface area contributed by atoms with Gasteiger partial charge in [-0.25, -0.2) is 4.98 Å². The van der Waals surface area contributed by atoms with E-state index in [0.717, 1.165) is 22.8 Å². The van der Waals surface area contributed by atoms with Gasteiger partial charge in [0.1, 0.15) is 12.1 Å². The molecule has 3 aromatic carbocycles. The minimum absolute atomic E-state index is 0.149. The number of aromatic nitrogens is 3. The fraction of sp³-hybridized carbons (Fsp3) is 0.107. The van der Waals surface area contributed by atoms with Crippen LogP contribution in [0.25, 0.3) is 22.0 Å². The van der Waals surface area contributed by atoms with Gasteiger partial charge >= 0.3 is 0 Å². The van der Waals surface area contributed by atoms with Crippen molar-refractivity contribution in [2.45, 2.75) is 5.60 Å². The molecule has 2 heterocycles. The molecule has 0 radical (unpaired) electrons. The first-order valence-electron chi connectivity index (χ1n) is 11.0. The molecular weight excluding hydrogens is 462 g/mol. The van der Waals surface area contributed by atoms with Crippen LogP contribution in [0.3, 0.4) is 0 Å². The maximum Gasteiger partial charge on any atom is 0.251 e. The predicted octanol–water partition coefficient (Wildman–Crippen LogP) is 4.69. The van der Waals surface area contributed by atoms with E-state index in [2.05, 4.69) is 4.98 Å². The first kappa shape index (κ1) is 22.8. The minimum atomic E-state index is -1.62. The summed E-state index contributed by atoms with van der Waals surface area (Å²) in [6, 6.07) is 21.2. The molecule has 0 aliphatic carbocycles. The maximum absolute atomic E-state index is 12.7. The molecule has 0 bridgehead atoms. The second kappa shape index (κ2) is 8.65. The third-order valence-electron chi connectivity index (χ3n) is 6.41. The fourth-order valence-electron chi connectivity index (χ4n) is 4.52. The molecule has 174 valence electrons. The third-order valence-corrected chi connectivity index (χ3v) is 6.64. The van der Waals surface area contributed by atoms with Gasteiger partial charge in [-0.3, -0.25) is 9.59 Å². The summed E-state index contributed by atoms with van der Waals surface area (Å²) >= 11 is 6.25. The van der Waals surface area contributed by atoms with Crippen LogP contribution in [0.5, 0.6) is 0 Å². The summed E-state index contributed by atoms with van der Waals surface area (Å²) in [5, 5.41) is 13.6. The van der Waals surface area contributed by atoms with Crippen molar-refractivity contribution < 1.29 is 9.90 Å². The van der Waals surface area contributed by atoms with Crippen molar-refractivity contribution in [3.05, 3.63) is 123 Å². The van der Waals surface area contributed by atoms with E-state index < -0.39 is 5.60 Å². The molecule has 0 fully saturated rings. The Morgan fingerprint density at radius 2 is 1.71 bits per heavy atom. The molecule has 2 aromatic heterocycles. The molecule has 5 rings (SSSR count). The van der Waals surface area contributed by atoms with E-state index in [1.165, 1.54) is 0 Å². The van der Waals surface area contributed by atoms with E-state index in [4.69, 9.17) is 11.6 Å². The maximum atomic E-state index is 12.7. The smallest absolute Gasteiger partial charge is 0.251 e. The van der Waals surface area contributed by atoms with Crippen LogP contribution in [-0.4, -0.2) is 25.5 Å². The normalized spacial score (nSPS) is 13.0. The largest absolute Gasteiger partial charge is 0.373 e. The highest BCUT2D eigenvalue weighted by atomic mass is 35.5. The summed E-state index contributed by atoms with van der Waals surface area (Å²) in [4.78, 5) is 28.4. The van der Waals surface area contributed by atoms with Gasteiger partial charge in [-0.1, -0.05) is 54.1 Å². The fourth-order valence-corrected chi connectivity index (χ4v) is 4.71. The van der Waals surface area contributed by atoms with Crippen LogP contribution in [0.2, 0.25) is 5.02 Å². The number of nitrogens with zero attached hydrogens (tertiary/aromatic N) is 3. The number of hydrogen-bond acceptors (Lipinski definition) is 4. The highest BCUT2D eigenvalue weighted by Gasteiger charge is 2.38. The summed E-state index contributed by atoms with van der Waals surface area (Å²) in [6.07, 6.45) is 4.15. The second-order valence-electron chi connectivity index (χ2n) is 8.51. The molecule has 0 amide bonds. The van der Waals surface area contributed by atoms with Gasteiger partial charge in [0.2, 0.25) is 0 Å². The van der Waals surface area contributed by atoms with E-state index in [1.54, 1.807) is 71.0 Å². The lowest BCUT2D eigenvalue weighted by Gasteiger charge is -2.29. The van der Waals surface area contributed by atoms with Crippen molar-refractivity contribution >= 4 is 28.8 Å². The van der Waals surface area contributed by atoms with E-state index in [1.807, 2.05) is 37.4 Å². The molecule has 0 saturated carbocycles. The molecule has 0 aliphatic rings. The Morgan fingerprint density at radius 3 is 2.37 bits per heavy atom. The van der Waals surface area contributed by atoms with Crippen LogP contribution in [0.15, 0.2) is 90.0 Å². The molecule has 0 aliphatic heterocycles. The number of carbonyl (C=O) groups excluding carboxylic acids is 1. The molecular formula is C28H22ClN3O3. The zero-order valence-corrected chi connectivity index (χ0v) is 19.9. The predicted molar refractivity (Wildman–Crippen MR) is 137 cm³/mol. The van der Waals surface area contributed by atoms with E-state index >= 15 is 0 Å². The number of aryl methyl sites for hydroxylation is 2. The molecule has 35 heavy (non-hydrogen) atoms. The Labute approximate surface area is 206 Å². The van der Waals surface area contributed by atoms with Gasteiger partial charge in [-0.2, -0.15) is 0 Å². The number of carbonyl (C=O) groups is 1. The number of aldehydes is 1. The Hall–Kier alpha value is -4.00. The van der Waals surface area contributed by atoms with E-state index in [0.29, 0.717) is 33.1 Å². The summed E-state index contributed by atoms with van der Waals surface area (Å²) in [6.45, 7) is 0. The summed E-state index contributed by atoms with van der Waals surface area (Å²) in [7, 11) is 3.53. The molecule has 0 saturated heterocycles. The quantitative estimate of drug-likeness (QED) is 0.368. The Kier molecular flexibility index (Phi) is 5.63. The van der Waals surface area contributed by atoms with E-state index in [-0.39, 0.29) is 5.56 Å². The summed E-state index contributed by atoms with van der Waals surface area (Å²) < 4.78 is 3.34. The second-order valence-corrected chi connectivity index (χ2v) is 8.95. The van der Waals surface area contributed by atoms with Gasteiger partial charge in [-0.05, 0) is 46.5 Å². The zero-order valence-electron chi connectivity index (χ0n) is 19.1. The van der Waals surface area contributed by atoms with Crippen molar-refractivity contribution in [3.63, 3.8) is 0 Å². The third kappa shape index (κ3) is 3.77. The van der Waals surface area contributed by atoms with Gasteiger partial charge in [0.15, 0.2) is 5.60 Å². The van der Waals surface area contributed by atoms with Crippen LogP contribution in [-0.2, 0) is 19.7 Å². The number of halogens is 1. The van der Waals surface area contributed by atoms with Crippen molar-refractivity contribution in [1.29, 1.82) is 0 Å². The average molecular weight is 484 g/mol. The van der Waals surface area contributed by atoms with Gasteiger partial charge in [-0.15, -0.1) is 0 Å². The highest BCUT2D eigenvalue weighted by Crippen LogP contribution is 2.38. The van der Waals surface area contributed by atoms with Crippen LogP contribution >= 0.6 is 11.6 Å². The number of imidazole rings is 1. The summed E-state index contributed by atoms with van der Waals surface area (Å²) in [5.74, 6) is 0.421.